The van der Waals surface area contributed by atoms with Gasteiger partial charge in [0.05, 0.1) is 12.1 Å². The van der Waals surface area contributed by atoms with Crippen LogP contribution in [0.4, 0.5) is 0 Å². The van der Waals surface area contributed by atoms with Crippen LogP contribution in [-0.4, -0.2) is 48.0 Å². The molecule has 2 unspecified atom stereocenters. The zero-order valence-corrected chi connectivity index (χ0v) is 13.3. The van der Waals surface area contributed by atoms with E-state index in [-0.39, 0.29) is 18.0 Å². The van der Waals surface area contributed by atoms with Crippen molar-refractivity contribution in [2.75, 3.05) is 26.2 Å². The second kappa shape index (κ2) is 7.15. The van der Waals surface area contributed by atoms with E-state index < -0.39 is 0 Å². The van der Waals surface area contributed by atoms with Gasteiger partial charge in [0.1, 0.15) is 5.01 Å². The Morgan fingerprint density at radius 2 is 2.20 bits per heavy atom. The molecule has 1 saturated heterocycles. The molecule has 1 fully saturated rings. The number of thiazole rings is 1. The van der Waals surface area contributed by atoms with Gasteiger partial charge in [0.2, 0.25) is 5.91 Å². The molecule has 1 aliphatic rings. The van der Waals surface area contributed by atoms with Gasteiger partial charge in [-0.1, -0.05) is 6.92 Å². The summed E-state index contributed by atoms with van der Waals surface area (Å²) in [6.07, 6.45) is 2.90. The van der Waals surface area contributed by atoms with Crippen LogP contribution in [0.3, 0.4) is 0 Å². The van der Waals surface area contributed by atoms with Crippen molar-refractivity contribution in [3.05, 3.63) is 16.1 Å². The molecular formula is C14H24N4OS. The van der Waals surface area contributed by atoms with Gasteiger partial charge in [-0.05, 0) is 20.3 Å². The van der Waals surface area contributed by atoms with Gasteiger partial charge in [-0.3, -0.25) is 9.69 Å². The first-order chi connectivity index (χ1) is 9.61. The molecule has 0 spiro atoms. The van der Waals surface area contributed by atoms with E-state index in [1.54, 1.807) is 11.3 Å². The second-order valence-corrected chi connectivity index (χ2v) is 6.36. The Morgan fingerprint density at radius 1 is 1.50 bits per heavy atom. The van der Waals surface area contributed by atoms with E-state index >= 15 is 0 Å². The Bertz CT molecular complexity index is 442. The Morgan fingerprint density at radius 3 is 2.80 bits per heavy atom. The van der Waals surface area contributed by atoms with Crippen LogP contribution in [0.25, 0.3) is 0 Å². The quantitative estimate of drug-likeness (QED) is 0.856. The first-order valence-corrected chi connectivity index (χ1v) is 8.13. The van der Waals surface area contributed by atoms with E-state index in [0.29, 0.717) is 0 Å². The standard InChI is InChI=1S/C14H24N4OS/c1-4-12-9-16-14(20-12)10(2)17-13(19)11(3)18-7-5-15-6-8-18/h9-11,15H,4-8H2,1-3H3,(H,17,19). The largest absolute Gasteiger partial charge is 0.346 e. The molecule has 0 saturated carbocycles. The van der Waals surface area contributed by atoms with Crippen molar-refractivity contribution in [1.29, 1.82) is 0 Å². The lowest BCUT2D eigenvalue weighted by Crippen LogP contribution is -2.52. The highest BCUT2D eigenvalue weighted by atomic mass is 32.1. The van der Waals surface area contributed by atoms with E-state index in [4.69, 9.17) is 0 Å². The number of piperazine rings is 1. The molecule has 2 rings (SSSR count). The minimum atomic E-state index is -0.0786. The number of rotatable bonds is 5. The third-order valence-corrected chi connectivity index (χ3v) is 5.05. The highest BCUT2D eigenvalue weighted by molar-refractivity contribution is 7.11. The molecule has 0 bridgehead atoms. The molecule has 1 aromatic heterocycles. The molecule has 1 aromatic rings. The van der Waals surface area contributed by atoms with Crippen molar-refractivity contribution in [3.63, 3.8) is 0 Å². The van der Waals surface area contributed by atoms with Crippen LogP contribution in [0.1, 0.15) is 36.7 Å². The molecule has 0 aliphatic carbocycles. The Hall–Kier alpha value is -0.980. The van der Waals surface area contributed by atoms with E-state index in [2.05, 4.69) is 27.4 Å². The van der Waals surface area contributed by atoms with Crippen molar-refractivity contribution in [2.24, 2.45) is 0 Å². The molecule has 0 aromatic carbocycles. The Kier molecular flexibility index (Phi) is 5.51. The zero-order chi connectivity index (χ0) is 14.5. The molecule has 20 heavy (non-hydrogen) atoms. The van der Waals surface area contributed by atoms with E-state index in [9.17, 15) is 4.79 Å². The summed E-state index contributed by atoms with van der Waals surface area (Å²) >= 11 is 1.68. The van der Waals surface area contributed by atoms with Gasteiger partial charge in [-0.2, -0.15) is 0 Å². The van der Waals surface area contributed by atoms with Crippen LogP contribution in [0.2, 0.25) is 0 Å². The highest BCUT2D eigenvalue weighted by Crippen LogP contribution is 2.20. The minimum Gasteiger partial charge on any atom is -0.346 e. The smallest absolute Gasteiger partial charge is 0.237 e. The van der Waals surface area contributed by atoms with E-state index in [0.717, 1.165) is 37.6 Å². The van der Waals surface area contributed by atoms with Crippen LogP contribution >= 0.6 is 11.3 Å². The van der Waals surface area contributed by atoms with E-state index in [1.165, 1.54) is 4.88 Å². The maximum atomic E-state index is 12.3. The predicted molar refractivity (Wildman–Crippen MR) is 82.0 cm³/mol. The first-order valence-electron chi connectivity index (χ1n) is 7.31. The van der Waals surface area contributed by atoms with Crippen molar-refractivity contribution in [1.82, 2.24) is 20.5 Å². The van der Waals surface area contributed by atoms with Gasteiger partial charge in [0.15, 0.2) is 0 Å². The molecular weight excluding hydrogens is 272 g/mol. The molecule has 0 radical (unpaired) electrons. The third kappa shape index (κ3) is 3.77. The number of amides is 1. The summed E-state index contributed by atoms with van der Waals surface area (Å²) in [4.78, 5) is 20.2. The lowest BCUT2D eigenvalue weighted by atomic mass is 10.2. The lowest BCUT2D eigenvalue weighted by molar-refractivity contribution is -0.126. The van der Waals surface area contributed by atoms with Gasteiger partial charge in [-0.15, -0.1) is 11.3 Å². The summed E-state index contributed by atoms with van der Waals surface area (Å²) in [5, 5.41) is 7.37. The number of aryl methyl sites for hydroxylation is 1. The van der Waals surface area contributed by atoms with Gasteiger partial charge in [-0.25, -0.2) is 4.98 Å². The third-order valence-electron chi connectivity index (χ3n) is 3.73. The van der Waals surface area contributed by atoms with Crippen LogP contribution in [-0.2, 0) is 11.2 Å². The van der Waals surface area contributed by atoms with Crippen molar-refractivity contribution in [3.8, 4) is 0 Å². The first kappa shape index (κ1) is 15.4. The number of carbonyl (C=O) groups is 1. The van der Waals surface area contributed by atoms with Crippen LogP contribution in [0, 0.1) is 0 Å². The van der Waals surface area contributed by atoms with Crippen molar-refractivity contribution in [2.45, 2.75) is 39.3 Å². The number of nitrogens with zero attached hydrogens (tertiary/aromatic N) is 2. The molecule has 1 aliphatic heterocycles. The summed E-state index contributed by atoms with van der Waals surface area (Å²) in [5.74, 6) is 0.0904. The van der Waals surface area contributed by atoms with Gasteiger partial charge >= 0.3 is 0 Å². The summed E-state index contributed by atoms with van der Waals surface area (Å²) in [6.45, 7) is 9.87. The normalized spacial score (nSPS) is 19.6. The lowest BCUT2D eigenvalue weighted by Gasteiger charge is -2.32. The molecule has 1 amide bonds. The highest BCUT2D eigenvalue weighted by Gasteiger charge is 2.24. The predicted octanol–water partition coefficient (Wildman–Crippen LogP) is 1.18. The van der Waals surface area contributed by atoms with Crippen LogP contribution in [0.15, 0.2) is 6.20 Å². The Balaban J connectivity index is 1.89. The molecule has 6 heteroatoms. The molecule has 2 N–H and O–H groups in total. The SMILES string of the molecule is CCc1cnc(C(C)NC(=O)C(C)N2CCNCC2)s1. The summed E-state index contributed by atoms with van der Waals surface area (Å²) in [5.41, 5.74) is 0. The van der Waals surface area contributed by atoms with Crippen molar-refractivity contribution >= 4 is 17.2 Å². The molecule has 5 nitrogen and oxygen atoms in total. The maximum Gasteiger partial charge on any atom is 0.237 e. The maximum absolute atomic E-state index is 12.3. The average Bonchev–Trinajstić information content (AvgIpc) is 2.96. The molecule has 112 valence electrons. The van der Waals surface area contributed by atoms with E-state index in [1.807, 2.05) is 20.0 Å². The van der Waals surface area contributed by atoms with Crippen LogP contribution < -0.4 is 10.6 Å². The number of carbonyl (C=O) groups excluding carboxylic acids is 1. The van der Waals surface area contributed by atoms with Gasteiger partial charge in [0, 0.05) is 37.3 Å². The Labute approximate surface area is 124 Å². The van der Waals surface area contributed by atoms with Crippen LogP contribution in [0.5, 0.6) is 0 Å². The number of aromatic nitrogens is 1. The second-order valence-electron chi connectivity index (χ2n) is 5.21. The number of hydrogen-bond acceptors (Lipinski definition) is 5. The van der Waals surface area contributed by atoms with Gasteiger partial charge < -0.3 is 10.6 Å². The summed E-state index contributed by atoms with van der Waals surface area (Å²) in [6, 6.07) is -0.0941. The fourth-order valence-electron chi connectivity index (χ4n) is 2.32. The summed E-state index contributed by atoms with van der Waals surface area (Å²) in [7, 11) is 0. The fraction of sp³-hybridized carbons (Fsp3) is 0.714. The average molecular weight is 296 g/mol. The van der Waals surface area contributed by atoms with Gasteiger partial charge in [0.25, 0.3) is 0 Å². The number of hydrogen-bond donors (Lipinski definition) is 2. The van der Waals surface area contributed by atoms with Crippen molar-refractivity contribution < 1.29 is 4.79 Å². The zero-order valence-electron chi connectivity index (χ0n) is 12.5. The molecule has 2 heterocycles. The molecule has 2 atom stereocenters. The number of nitrogens with one attached hydrogen (secondary N) is 2. The summed E-state index contributed by atoms with van der Waals surface area (Å²) < 4.78 is 0. The minimum absolute atomic E-state index is 0.0156. The monoisotopic (exact) mass is 296 g/mol. The fourth-order valence-corrected chi connectivity index (χ4v) is 3.18. The topological polar surface area (TPSA) is 57.3 Å².